The third kappa shape index (κ3) is 5.06. The first-order chi connectivity index (χ1) is 17.7. The lowest BCUT2D eigenvalue weighted by Gasteiger charge is -2.29. The summed E-state index contributed by atoms with van der Waals surface area (Å²) < 4.78 is 28.2. The summed E-state index contributed by atoms with van der Waals surface area (Å²) in [5, 5.41) is 14.3. The van der Waals surface area contributed by atoms with Crippen LogP contribution < -0.4 is 10.6 Å². The number of amides is 2. The Balaban J connectivity index is 1.45. The topological polar surface area (TPSA) is 156 Å². The van der Waals surface area contributed by atoms with Gasteiger partial charge in [-0.2, -0.15) is 14.9 Å². The van der Waals surface area contributed by atoms with Crippen molar-refractivity contribution < 1.29 is 18.0 Å². The monoisotopic (exact) mass is 523 g/mol. The van der Waals surface area contributed by atoms with Gasteiger partial charge in [0.2, 0.25) is 16.4 Å². The van der Waals surface area contributed by atoms with Crippen LogP contribution in [0.4, 0.5) is 11.5 Å². The van der Waals surface area contributed by atoms with Crippen molar-refractivity contribution in [1.82, 2.24) is 33.7 Å². The van der Waals surface area contributed by atoms with Crippen LogP contribution in [0.2, 0.25) is 0 Å². The summed E-state index contributed by atoms with van der Waals surface area (Å²) in [5.41, 5.74) is 2.73. The summed E-state index contributed by atoms with van der Waals surface area (Å²) in [6.45, 7) is 2.75. The Labute approximate surface area is 212 Å². The normalized spacial score (nSPS) is 15.1. The minimum Gasteiger partial charge on any atom is -0.326 e. The maximum atomic E-state index is 13.3. The van der Waals surface area contributed by atoms with Gasteiger partial charge in [-0.05, 0) is 31.4 Å². The maximum absolute atomic E-state index is 13.3. The van der Waals surface area contributed by atoms with Gasteiger partial charge in [-0.15, -0.1) is 0 Å². The fraction of sp³-hybridized carbons (Fsp3) is 0.304. The Morgan fingerprint density at radius 2 is 1.92 bits per heavy atom. The first-order valence-electron chi connectivity index (χ1n) is 11.6. The molecule has 4 aromatic rings. The quantitative estimate of drug-likeness (QED) is 0.346. The van der Waals surface area contributed by atoms with Crippen molar-refractivity contribution in [2.75, 3.05) is 30.0 Å². The molecular formula is C23H25N9O4S. The fourth-order valence-electron chi connectivity index (χ4n) is 4.29. The van der Waals surface area contributed by atoms with Crippen LogP contribution in [0.25, 0.3) is 11.5 Å². The van der Waals surface area contributed by atoms with Gasteiger partial charge in [0.15, 0.2) is 11.5 Å². The number of carbonyl (C=O) groups excluding carboxylic acids is 2. The number of aryl methyl sites for hydroxylation is 1. The van der Waals surface area contributed by atoms with E-state index in [1.807, 2.05) is 19.1 Å². The van der Waals surface area contributed by atoms with Crippen molar-refractivity contribution in [2.45, 2.75) is 25.7 Å². The zero-order chi connectivity index (χ0) is 26.2. The molecule has 14 heteroatoms. The highest BCUT2D eigenvalue weighted by atomic mass is 32.2. The fourth-order valence-corrected chi connectivity index (χ4v) is 5.17. The molecule has 5 heterocycles. The van der Waals surface area contributed by atoms with Gasteiger partial charge < -0.3 is 10.6 Å². The lowest BCUT2D eigenvalue weighted by molar-refractivity contribution is -0.105. The number of nitrogens with one attached hydrogen (secondary N) is 2. The van der Waals surface area contributed by atoms with Crippen LogP contribution in [0.15, 0.2) is 43.0 Å². The number of aromatic nitrogens is 6. The number of pyridine rings is 1. The van der Waals surface area contributed by atoms with Crippen molar-refractivity contribution in [3.05, 3.63) is 59.8 Å². The number of fused-ring (bicyclic) bond motifs is 1. The highest BCUT2D eigenvalue weighted by Gasteiger charge is 2.28. The highest BCUT2D eigenvalue weighted by Crippen LogP contribution is 2.31. The smallest absolute Gasteiger partial charge is 0.262 e. The lowest BCUT2D eigenvalue weighted by atomic mass is 9.95. The largest absolute Gasteiger partial charge is 0.326 e. The molecular weight excluding hydrogens is 498 g/mol. The third-order valence-corrected chi connectivity index (χ3v) is 7.55. The molecule has 0 aliphatic carbocycles. The number of anilines is 2. The molecule has 5 rings (SSSR count). The van der Waals surface area contributed by atoms with Gasteiger partial charge in [-0.25, -0.2) is 27.2 Å². The SMILES string of the molecule is Cc1ccc(-n2nc(C3CCN(S(C)(=O)=O)CC3)cc2NC(=O)c2cnn3cc(NC=O)cnc23)nc1. The summed E-state index contributed by atoms with van der Waals surface area (Å²) in [7, 11) is -3.24. The van der Waals surface area contributed by atoms with E-state index in [0.717, 1.165) is 11.3 Å². The molecule has 0 bridgehead atoms. The van der Waals surface area contributed by atoms with Gasteiger partial charge in [-0.3, -0.25) is 9.59 Å². The number of hydrogen-bond donors (Lipinski definition) is 2. The lowest BCUT2D eigenvalue weighted by Crippen LogP contribution is -2.37. The molecule has 0 spiro atoms. The molecule has 192 valence electrons. The van der Waals surface area contributed by atoms with E-state index in [0.29, 0.717) is 55.3 Å². The van der Waals surface area contributed by atoms with Gasteiger partial charge in [0.05, 0.1) is 36.2 Å². The number of piperidine rings is 1. The van der Waals surface area contributed by atoms with E-state index in [2.05, 4.69) is 25.7 Å². The second-order valence-corrected chi connectivity index (χ2v) is 10.9. The zero-order valence-electron chi connectivity index (χ0n) is 20.2. The molecule has 13 nitrogen and oxygen atoms in total. The van der Waals surface area contributed by atoms with E-state index in [4.69, 9.17) is 5.10 Å². The van der Waals surface area contributed by atoms with Crippen LogP contribution in [-0.2, 0) is 14.8 Å². The molecule has 0 radical (unpaired) electrons. The molecule has 2 amide bonds. The molecule has 1 fully saturated rings. The molecule has 37 heavy (non-hydrogen) atoms. The molecule has 1 aliphatic rings. The van der Waals surface area contributed by atoms with Crippen molar-refractivity contribution in [3.63, 3.8) is 0 Å². The van der Waals surface area contributed by atoms with E-state index >= 15 is 0 Å². The van der Waals surface area contributed by atoms with Gasteiger partial charge >= 0.3 is 0 Å². The van der Waals surface area contributed by atoms with Gasteiger partial charge in [0.1, 0.15) is 11.4 Å². The van der Waals surface area contributed by atoms with Crippen molar-refractivity contribution in [1.29, 1.82) is 0 Å². The second-order valence-electron chi connectivity index (χ2n) is 8.88. The Bertz CT molecular complexity index is 1570. The maximum Gasteiger partial charge on any atom is 0.262 e. The Hall–Kier alpha value is -4.17. The predicted molar refractivity (Wildman–Crippen MR) is 135 cm³/mol. The molecule has 2 N–H and O–H groups in total. The van der Waals surface area contributed by atoms with Crippen molar-refractivity contribution in [3.8, 4) is 5.82 Å². The summed E-state index contributed by atoms with van der Waals surface area (Å²) in [5.74, 6) is 0.539. The minimum absolute atomic E-state index is 0.0303. The molecule has 0 aromatic carbocycles. The highest BCUT2D eigenvalue weighted by molar-refractivity contribution is 7.88. The van der Waals surface area contributed by atoms with Crippen molar-refractivity contribution in [2.24, 2.45) is 0 Å². The van der Waals surface area contributed by atoms with E-state index in [1.54, 1.807) is 23.1 Å². The summed E-state index contributed by atoms with van der Waals surface area (Å²) in [4.78, 5) is 32.7. The first kappa shape index (κ1) is 24.5. The Morgan fingerprint density at radius 3 is 2.59 bits per heavy atom. The summed E-state index contributed by atoms with van der Waals surface area (Å²) in [6, 6.07) is 5.51. The average Bonchev–Trinajstić information content (AvgIpc) is 3.48. The number of hydrogen-bond acceptors (Lipinski definition) is 8. The van der Waals surface area contributed by atoms with Crippen LogP contribution in [0.3, 0.4) is 0 Å². The molecule has 0 atom stereocenters. The summed E-state index contributed by atoms with van der Waals surface area (Å²) in [6.07, 6.45) is 9.08. The summed E-state index contributed by atoms with van der Waals surface area (Å²) >= 11 is 0. The van der Waals surface area contributed by atoms with E-state index in [-0.39, 0.29) is 11.5 Å². The molecule has 0 saturated carbocycles. The Morgan fingerprint density at radius 1 is 1.14 bits per heavy atom. The first-order valence-corrected chi connectivity index (χ1v) is 13.4. The minimum atomic E-state index is -3.24. The number of sulfonamides is 1. The number of nitrogens with zero attached hydrogens (tertiary/aromatic N) is 7. The molecule has 1 aliphatic heterocycles. The Kier molecular flexibility index (Phi) is 6.43. The average molecular weight is 524 g/mol. The van der Waals surface area contributed by atoms with Gasteiger partial charge in [0, 0.05) is 31.3 Å². The van der Waals surface area contributed by atoms with E-state index < -0.39 is 15.9 Å². The van der Waals surface area contributed by atoms with Crippen LogP contribution in [0, 0.1) is 6.92 Å². The van der Waals surface area contributed by atoms with E-state index in [9.17, 15) is 18.0 Å². The van der Waals surface area contributed by atoms with E-state index in [1.165, 1.54) is 27.5 Å². The van der Waals surface area contributed by atoms with Crippen molar-refractivity contribution >= 4 is 39.5 Å². The molecule has 4 aromatic heterocycles. The van der Waals surface area contributed by atoms with Gasteiger partial charge in [0.25, 0.3) is 5.91 Å². The third-order valence-electron chi connectivity index (χ3n) is 6.25. The van der Waals surface area contributed by atoms with Crippen LogP contribution in [0.5, 0.6) is 0 Å². The zero-order valence-corrected chi connectivity index (χ0v) is 21.0. The number of rotatable bonds is 7. The molecule has 0 unspecified atom stereocenters. The van der Waals surface area contributed by atoms with Crippen LogP contribution in [0.1, 0.15) is 40.4 Å². The van der Waals surface area contributed by atoms with Crippen LogP contribution >= 0.6 is 0 Å². The van der Waals surface area contributed by atoms with Crippen LogP contribution in [-0.4, -0.2) is 73.7 Å². The second kappa shape index (κ2) is 9.71. The predicted octanol–water partition coefficient (Wildman–Crippen LogP) is 1.58. The standard InChI is InChI=1S/C23H25N9O4S/c1-15-3-4-20(24-10-15)32-21(9-19(29-32)16-5-7-30(8-6-16)37(2,35)36)28-23(34)18-12-27-31-13-17(26-14-33)11-25-22(18)31/h3-4,9-14,16H,5-8H2,1-2H3,(H,26,33)(H,28,34). The number of carbonyl (C=O) groups is 2. The van der Waals surface area contributed by atoms with Gasteiger partial charge in [-0.1, -0.05) is 6.07 Å². The molecule has 1 saturated heterocycles.